The van der Waals surface area contributed by atoms with Crippen LogP contribution in [-0.2, 0) is 0 Å². The number of ether oxygens (including phenoxy) is 1. The third-order valence-corrected chi connectivity index (χ3v) is 4.44. The van der Waals surface area contributed by atoms with Crippen LogP contribution in [-0.4, -0.2) is 18.2 Å². The van der Waals surface area contributed by atoms with Crippen LogP contribution >= 0.6 is 15.9 Å². The summed E-state index contributed by atoms with van der Waals surface area (Å²) in [7, 11) is 0. The van der Waals surface area contributed by atoms with E-state index in [0.717, 1.165) is 25.1 Å². The van der Waals surface area contributed by atoms with Gasteiger partial charge in [-0.3, -0.25) is 0 Å². The highest BCUT2D eigenvalue weighted by Gasteiger charge is 2.10. The Bertz CT molecular complexity index is 414. The first-order valence-corrected chi connectivity index (χ1v) is 8.17. The number of nitrogens with one attached hydrogen (secondary N) is 1. The summed E-state index contributed by atoms with van der Waals surface area (Å²) >= 11 is 3.59. The molecule has 1 rings (SSSR count). The molecular formula is C17H28BrNO. The van der Waals surface area contributed by atoms with Gasteiger partial charge in [-0.1, -0.05) is 15.9 Å². The first-order valence-electron chi connectivity index (χ1n) is 7.37. The summed E-state index contributed by atoms with van der Waals surface area (Å²) in [5.41, 5.74) is 2.65. The summed E-state index contributed by atoms with van der Waals surface area (Å²) in [4.78, 5) is 0. The molecule has 1 atom stereocenters. The van der Waals surface area contributed by atoms with Gasteiger partial charge in [-0.15, -0.1) is 0 Å². The van der Waals surface area contributed by atoms with Gasteiger partial charge < -0.3 is 10.1 Å². The van der Waals surface area contributed by atoms with E-state index in [0.29, 0.717) is 0 Å². The first-order chi connectivity index (χ1) is 9.19. The van der Waals surface area contributed by atoms with Crippen molar-refractivity contribution in [3.05, 3.63) is 27.7 Å². The molecule has 0 bridgehead atoms. The summed E-state index contributed by atoms with van der Waals surface area (Å²) in [6.07, 6.45) is 2.45. The molecule has 0 saturated carbocycles. The monoisotopic (exact) mass is 341 g/mol. The van der Waals surface area contributed by atoms with Gasteiger partial charge in [-0.05, 0) is 84.2 Å². The molecule has 0 aromatic heterocycles. The maximum atomic E-state index is 6.01. The number of hydrogen-bond acceptors (Lipinski definition) is 2. The summed E-state index contributed by atoms with van der Waals surface area (Å²) in [6, 6.07) is 4.20. The second-order valence-electron chi connectivity index (χ2n) is 6.62. The van der Waals surface area contributed by atoms with Crippen molar-refractivity contribution in [2.75, 3.05) is 6.54 Å². The molecule has 0 radical (unpaired) electrons. The molecule has 0 saturated heterocycles. The SMILES string of the molecule is Cc1cc(OC(C)CCCNC(C)(C)C)cc(C)c1Br. The van der Waals surface area contributed by atoms with Gasteiger partial charge in [0, 0.05) is 10.0 Å². The van der Waals surface area contributed by atoms with Gasteiger partial charge in [0.25, 0.3) is 0 Å². The maximum Gasteiger partial charge on any atom is 0.120 e. The van der Waals surface area contributed by atoms with Crippen LogP contribution in [0.1, 0.15) is 51.7 Å². The topological polar surface area (TPSA) is 21.3 Å². The zero-order valence-corrected chi connectivity index (χ0v) is 15.2. The minimum Gasteiger partial charge on any atom is -0.491 e. The van der Waals surface area contributed by atoms with Crippen molar-refractivity contribution in [2.45, 2.75) is 66.0 Å². The lowest BCUT2D eigenvalue weighted by Gasteiger charge is -2.21. The van der Waals surface area contributed by atoms with E-state index in [1.165, 1.54) is 15.6 Å². The predicted octanol–water partition coefficient (Wildman–Crippen LogP) is 5.00. The van der Waals surface area contributed by atoms with Crippen LogP contribution < -0.4 is 10.1 Å². The lowest BCUT2D eigenvalue weighted by atomic mass is 10.1. The second kappa shape index (κ2) is 7.46. The molecule has 0 amide bonds. The van der Waals surface area contributed by atoms with Crippen LogP contribution in [0.2, 0.25) is 0 Å². The van der Waals surface area contributed by atoms with E-state index < -0.39 is 0 Å². The Labute approximate surface area is 132 Å². The molecule has 0 aliphatic carbocycles. The Morgan fingerprint density at radius 3 is 2.25 bits per heavy atom. The van der Waals surface area contributed by atoms with Crippen molar-refractivity contribution < 1.29 is 4.74 Å². The third kappa shape index (κ3) is 6.27. The molecular weight excluding hydrogens is 314 g/mol. The Hall–Kier alpha value is -0.540. The summed E-state index contributed by atoms with van der Waals surface area (Å²) < 4.78 is 7.19. The van der Waals surface area contributed by atoms with Gasteiger partial charge in [0.15, 0.2) is 0 Å². The molecule has 3 heteroatoms. The smallest absolute Gasteiger partial charge is 0.120 e. The third-order valence-electron chi connectivity index (χ3n) is 3.19. The Kier molecular flexibility index (Phi) is 6.53. The lowest BCUT2D eigenvalue weighted by molar-refractivity contribution is 0.205. The summed E-state index contributed by atoms with van der Waals surface area (Å²) in [6.45, 7) is 14.0. The Morgan fingerprint density at radius 1 is 1.20 bits per heavy atom. The van der Waals surface area contributed by atoms with Crippen LogP contribution in [0.25, 0.3) is 0 Å². The maximum absolute atomic E-state index is 6.01. The fraction of sp³-hybridized carbons (Fsp3) is 0.647. The van der Waals surface area contributed by atoms with Crippen LogP contribution in [0.3, 0.4) is 0 Å². The van der Waals surface area contributed by atoms with Crippen LogP contribution in [0.15, 0.2) is 16.6 Å². The van der Waals surface area contributed by atoms with Crippen molar-refractivity contribution >= 4 is 15.9 Å². The highest BCUT2D eigenvalue weighted by atomic mass is 79.9. The minimum atomic E-state index is 0.198. The Balaban J connectivity index is 2.41. The van der Waals surface area contributed by atoms with Crippen molar-refractivity contribution in [2.24, 2.45) is 0 Å². The molecule has 1 N–H and O–H groups in total. The van der Waals surface area contributed by atoms with E-state index in [9.17, 15) is 0 Å². The number of benzene rings is 1. The highest BCUT2D eigenvalue weighted by Crippen LogP contribution is 2.27. The van der Waals surface area contributed by atoms with Crippen LogP contribution in [0.4, 0.5) is 0 Å². The zero-order chi connectivity index (χ0) is 15.3. The largest absolute Gasteiger partial charge is 0.491 e. The van der Waals surface area contributed by atoms with Gasteiger partial charge in [-0.2, -0.15) is 0 Å². The van der Waals surface area contributed by atoms with Crippen LogP contribution in [0.5, 0.6) is 5.75 Å². The molecule has 0 aliphatic heterocycles. The van der Waals surface area contributed by atoms with Gasteiger partial charge >= 0.3 is 0 Å². The van der Waals surface area contributed by atoms with Gasteiger partial charge in [-0.25, -0.2) is 0 Å². The molecule has 2 nitrogen and oxygen atoms in total. The fourth-order valence-corrected chi connectivity index (χ4v) is 2.35. The average molecular weight is 342 g/mol. The first kappa shape index (κ1) is 17.5. The molecule has 0 heterocycles. The standard InChI is InChI=1S/C17H28BrNO/c1-12-10-15(11-13(2)16(12)18)20-14(3)8-7-9-19-17(4,5)6/h10-11,14,19H,7-9H2,1-6H3. The molecule has 114 valence electrons. The molecule has 20 heavy (non-hydrogen) atoms. The molecule has 1 aromatic rings. The van der Waals surface area contributed by atoms with E-state index in [4.69, 9.17) is 4.74 Å². The zero-order valence-electron chi connectivity index (χ0n) is 13.6. The molecule has 0 spiro atoms. The second-order valence-corrected chi connectivity index (χ2v) is 7.41. The van der Waals surface area contributed by atoms with Gasteiger partial charge in [0.2, 0.25) is 0 Å². The van der Waals surface area contributed by atoms with E-state index in [1.807, 2.05) is 0 Å². The minimum absolute atomic E-state index is 0.198. The average Bonchev–Trinajstić information content (AvgIpc) is 2.30. The number of rotatable bonds is 6. The normalized spacial score (nSPS) is 13.3. The van der Waals surface area contributed by atoms with Gasteiger partial charge in [0.1, 0.15) is 5.75 Å². The Morgan fingerprint density at radius 2 is 1.75 bits per heavy atom. The van der Waals surface area contributed by atoms with Crippen molar-refractivity contribution in [1.29, 1.82) is 0 Å². The highest BCUT2D eigenvalue weighted by molar-refractivity contribution is 9.10. The number of aryl methyl sites for hydroxylation is 2. The fourth-order valence-electron chi connectivity index (χ4n) is 2.12. The van der Waals surface area contributed by atoms with Crippen molar-refractivity contribution in [3.8, 4) is 5.75 Å². The van der Waals surface area contributed by atoms with Crippen LogP contribution in [0, 0.1) is 13.8 Å². The van der Waals surface area contributed by atoms with E-state index in [1.54, 1.807) is 0 Å². The van der Waals surface area contributed by atoms with E-state index in [-0.39, 0.29) is 11.6 Å². The number of halogens is 1. The lowest BCUT2D eigenvalue weighted by Crippen LogP contribution is -2.36. The van der Waals surface area contributed by atoms with E-state index >= 15 is 0 Å². The summed E-state index contributed by atoms with van der Waals surface area (Å²) in [5, 5.41) is 3.51. The molecule has 0 fully saturated rings. The molecule has 1 unspecified atom stereocenters. The van der Waals surface area contributed by atoms with E-state index in [2.05, 4.69) is 74.9 Å². The van der Waals surface area contributed by atoms with Crippen molar-refractivity contribution in [3.63, 3.8) is 0 Å². The summed E-state index contributed by atoms with van der Waals surface area (Å²) in [5.74, 6) is 0.972. The predicted molar refractivity (Wildman–Crippen MR) is 90.7 cm³/mol. The van der Waals surface area contributed by atoms with Crippen molar-refractivity contribution in [1.82, 2.24) is 5.32 Å². The molecule has 0 aliphatic rings. The number of hydrogen-bond donors (Lipinski definition) is 1. The quantitative estimate of drug-likeness (QED) is 0.735. The molecule has 1 aromatic carbocycles. The van der Waals surface area contributed by atoms with Gasteiger partial charge in [0.05, 0.1) is 6.10 Å².